The molecule has 2 aromatic rings. The zero-order valence-corrected chi connectivity index (χ0v) is 14.6. The molecular formula is C15H19N5OS2. The van der Waals surface area contributed by atoms with Crippen LogP contribution in [-0.4, -0.2) is 56.0 Å². The number of thiazole rings is 1. The summed E-state index contributed by atoms with van der Waals surface area (Å²) in [6.07, 6.45) is 2.30. The molecule has 0 aromatic carbocycles. The molecule has 3 aliphatic rings. The first kappa shape index (κ1) is 15.2. The summed E-state index contributed by atoms with van der Waals surface area (Å²) in [7, 11) is 0. The Hall–Kier alpha value is -1.38. The van der Waals surface area contributed by atoms with E-state index in [9.17, 15) is 4.79 Å². The van der Waals surface area contributed by atoms with Gasteiger partial charge in [-0.25, -0.2) is 4.98 Å². The SMILES string of the molecule is Cc1nnsc1C(=O)N1CC2CCC1CN(Cc1cscn1)C2. The first-order valence-electron chi connectivity index (χ1n) is 7.90. The second kappa shape index (κ2) is 6.26. The number of nitrogens with zero attached hydrogens (tertiary/aromatic N) is 5. The predicted molar refractivity (Wildman–Crippen MR) is 89.6 cm³/mol. The van der Waals surface area contributed by atoms with E-state index in [0.29, 0.717) is 16.8 Å². The highest BCUT2D eigenvalue weighted by atomic mass is 32.1. The molecule has 0 radical (unpaired) electrons. The van der Waals surface area contributed by atoms with Crippen LogP contribution in [0.15, 0.2) is 10.9 Å². The molecule has 0 spiro atoms. The Bertz CT molecular complexity index is 686. The molecule has 0 N–H and O–H groups in total. The van der Waals surface area contributed by atoms with Gasteiger partial charge in [0.2, 0.25) is 0 Å². The van der Waals surface area contributed by atoms with E-state index in [1.807, 2.05) is 12.4 Å². The predicted octanol–water partition coefficient (Wildman–Crippen LogP) is 2.04. The van der Waals surface area contributed by atoms with Crippen molar-refractivity contribution in [3.63, 3.8) is 0 Å². The van der Waals surface area contributed by atoms with Crippen molar-refractivity contribution in [2.45, 2.75) is 32.4 Å². The van der Waals surface area contributed by atoms with Crippen LogP contribution in [0.1, 0.15) is 33.9 Å². The van der Waals surface area contributed by atoms with Crippen LogP contribution in [0.5, 0.6) is 0 Å². The Morgan fingerprint density at radius 1 is 1.35 bits per heavy atom. The summed E-state index contributed by atoms with van der Waals surface area (Å²) in [5.74, 6) is 0.667. The molecule has 2 unspecified atom stereocenters. The molecule has 6 nitrogen and oxygen atoms in total. The molecule has 5 heterocycles. The maximum atomic E-state index is 12.9. The molecule has 1 amide bonds. The molecular weight excluding hydrogens is 330 g/mol. The Labute approximate surface area is 143 Å². The highest BCUT2D eigenvalue weighted by molar-refractivity contribution is 7.08. The maximum absolute atomic E-state index is 12.9. The summed E-state index contributed by atoms with van der Waals surface area (Å²) in [6.45, 7) is 5.60. The topological polar surface area (TPSA) is 62.2 Å². The van der Waals surface area contributed by atoms with Gasteiger partial charge in [-0.15, -0.1) is 16.4 Å². The third kappa shape index (κ3) is 3.02. The summed E-state index contributed by atoms with van der Waals surface area (Å²) in [4.78, 5) is 22.5. The number of hydrogen-bond donors (Lipinski definition) is 0. The molecule has 8 heteroatoms. The van der Waals surface area contributed by atoms with Crippen molar-refractivity contribution in [3.8, 4) is 0 Å². The van der Waals surface area contributed by atoms with Crippen LogP contribution in [0.3, 0.4) is 0 Å². The highest BCUT2D eigenvalue weighted by Crippen LogP contribution is 2.30. The maximum Gasteiger partial charge on any atom is 0.267 e. The quantitative estimate of drug-likeness (QED) is 0.848. The monoisotopic (exact) mass is 349 g/mol. The number of carbonyl (C=O) groups excluding carboxylic acids is 1. The van der Waals surface area contributed by atoms with Crippen molar-refractivity contribution < 1.29 is 4.79 Å². The number of fused-ring (bicyclic) bond motifs is 4. The van der Waals surface area contributed by atoms with Gasteiger partial charge < -0.3 is 4.90 Å². The van der Waals surface area contributed by atoms with Crippen LogP contribution in [0.2, 0.25) is 0 Å². The number of aryl methyl sites for hydroxylation is 1. The first-order chi connectivity index (χ1) is 11.2. The summed E-state index contributed by atoms with van der Waals surface area (Å²) in [5.41, 5.74) is 3.77. The minimum atomic E-state index is 0.114. The van der Waals surface area contributed by atoms with Crippen molar-refractivity contribution in [1.82, 2.24) is 24.4 Å². The molecule has 0 aliphatic carbocycles. The van der Waals surface area contributed by atoms with Crippen LogP contribution >= 0.6 is 22.9 Å². The van der Waals surface area contributed by atoms with Gasteiger partial charge >= 0.3 is 0 Å². The second-order valence-electron chi connectivity index (χ2n) is 6.42. The van der Waals surface area contributed by atoms with Crippen LogP contribution in [0.4, 0.5) is 0 Å². The molecule has 122 valence electrons. The molecule has 3 saturated heterocycles. The summed E-state index contributed by atoms with van der Waals surface area (Å²) in [5, 5.41) is 6.10. The molecule has 3 aliphatic heterocycles. The van der Waals surface area contributed by atoms with Gasteiger partial charge in [0.1, 0.15) is 4.88 Å². The molecule has 0 saturated carbocycles. The molecule has 2 atom stereocenters. The van der Waals surface area contributed by atoms with Crippen molar-refractivity contribution in [1.29, 1.82) is 0 Å². The van der Waals surface area contributed by atoms with Gasteiger partial charge in [-0.3, -0.25) is 9.69 Å². The molecule has 5 rings (SSSR count). The minimum absolute atomic E-state index is 0.114. The number of amides is 1. The van der Waals surface area contributed by atoms with E-state index in [4.69, 9.17) is 0 Å². The van der Waals surface area contributed by atoms with E-state index >= 15 is 0 Å². The Balaban J connectivity index is 1.51. The summed E-state index contributed by atoms with van der Waals surface area (Å²) < 4.78 is 3.91. The lowest BCUT2D eigenvalue weighted by atomic mass is 9.95. The van der Waals surface area contributed by atoms with Gasteiger partial charge in [0.05, 0.1) is 16.9 Å². The Kier molecular flexibility index (Phi) is 4.13. The number of hydrogen-bond acceptors (Lipinski definition) is 7. The number of aromatic nitrogens is 3. The van der Waals surface area contributed by atoms with Crippen LogP contribution in [0.25, 0.3) is 0 Å². The lowest BCUT2D eigenvalue weighted by molar-refractivity contribution is 0.0589. The smallest absolute Gasteiger partial charge is 0.267 e. The Morgan fingerprint density at radius 3 is 3.00 bits per heavy atom. The lowest BCUT2D eigenvalue weighted by Gasteiger charge is -2.36. The van der Waals surface area contributed by atoms with E-state index in [0.717, 1.165) is 44.0 Å². The van der Waals surface area contributed by atoms with E-state index in [2.05, 4.69) is 29.8 Å². The van der Waals surface area contributed by atoms with Gasteiger partial charge in [-0.2, -0.15) is 0 Å². The van der Waals surface area contributed by atoms with Gasteiger partial charge in [0.25, 0.3) is 5.91 Å². The van der Waals surface area contributed by atoms with Crippen LogP contribution in [-0.2, 0) is 6.54 Å². The second-order valence-corrected chi connectivity index (χ2v) is 7.89. The number of piperidine rings is 1. The van der Waals surface area contributed by atoms with Crippen molar-refractivity contribution in [2.75, 3.05) is 19.6 Å². The molecule has 3 fully saturated rings. The van der Waals surface area contributed by atoms with Crippen LogP contribution < -0.4 is 0 Å². The normalized spacial score (nSPS) is 24.8. The molecule has 2 aromatic heterocycles. The zero-order chi connectivity index (χ0) is 15.8. The van der Waals surface area contributed by atoms with Gasteiger partial charge in [0.15, 0.2) is 0 Å². The lowest BCUT2D eigenvalue weighted by Crippen LogP contribution is -2.47. The fourth-order valence-corrected chi connectivity index (χ4v) is 4.82. The summed E-state index contributed by atoms with van der Waals surface area (Å²) >= 11 is 2.86. The van der Waals surface area contributed by atoms with Crippen LogP contribution in [0, 0.1) is 12.8 Å². The van der Waals surface area contributed by atoms with E-state index in [1.54, 1.807) is 11.3 Å². The summed E-state index contributed by atoms with van der Waals surface area (Å²) in [6, 6.07) is 0.293. The number of carbonyl (C=O) groups is 1. The zero-order valence-electron chi connectivity index (χ0n) is 13.0. The standard InChI is InChI=1S/C15H19N5OS2/c1-10-14(23-18-17-10)15(21)20-5-11-2-3-13(20)7-19(4-11)6-12-8-22-9-16-12/h8-9,11,13H,2-7H2,1H3. The van der Waals surface area contributed by atoms with E-state index in [-0.39, 0.29) is 5.91 Å². The van der Waals surface area contributed by atoms with Crippen molar-refractivity contribution in [3.05, 3.63) is 27.2 Å². The molecule has 2 bridgehead atoms. The average Bonchev–Trinajstić information content (AvgIpc) is 3.11. The fraction of sp³-hybridized carbons (Fsp3) is 0.600. The highest BCUT2D eigenvalue weighted by Gasteiger charge is 2.38. The largest absolute Gasteiger partial charge is 0.333 e. The van der Waals surface area contributed by atoms with Gasteiger partial charge in [-0.05, 0) is 37.2 Å². The van der Waals surface area contributed by atoms with Gasteiger partial charge in [0, 0.05) is 37.6 Å². The fourth-order valence-electron chi connectivity index (χ4n) is 3.66. The third-order valence-electron chi connectivity index (χ3n) is 4.76. The van der Waals surface area contributed by atoms with E-state index < -0.39 is 0 Å². The van der Waals surface area contributed by atoms with Crippen molar-refractivity contribution in [2.24, 2.45) is 5.92 Å². The van der Waals surface area contributed by atoms with E-state index in [1.165, 1.54) is 18.0 Å². The minimum Gasteiger partial charge on any atom is -0.333 e. The van der Waals surface area contributed by atoms with Gasteiger partial charge in [-0.1, -0.05) is 4.49 Å². The third-order valence-corrected chi connectivity index (χ3v) is 6.22. The number of rotatable bonds is 3. The molecule has 23 heavy (non-hydrogen) atoms. The van der Waals surface area contributed by atoms with Crippen molar-refractivity contribution >= 4 is 28.8 Å². The first-order valence-corrected chi connectivity index (χ1v) is 9.61. The average molecular weight is 349 g/mol. The Morgan fingerprint density at radius 2 is 2.26 bits per heavy atom.